The molecule has 0 spiro atoms. The van der Waals surface area contributed by atoms with Crippen LogP contribution >= 0.6 is 0 Å². The Balaban J connectivity index is 1.40. The second kappa shape index (κ2) is 9.13. The van der Waals surface area contributed by atoms with E-state index in [2.05, 4.69) is 17.8 Å². The van der Waals surface area contributed by atoms with E-state index in [0.29, 0.717) is 23.1 Å². The number of carbonyl (C=O) groups is 2. The van der Waals surface area contributed by atoms with E-state index in [1.165, 1.54) is 12.1 Å². The molecule has 2 atom stereocenters. The molecule has 0 bridgehead atoms. The van der Waals surface area contributed by atoms with E-state index in [-0.39, 0.29) is 17.9 Å². The van der Waals surface area contributed by atoms with E-state index in [1.54, 1.807) is 30.3 Å². The lowest BCUT2D eigenvalue weighted by atomic mass is 9.99. The normalized spacial score (nSPS) is 19.7. The summed E-state index contributed by atoms with van der Waals surface area (Å²) in [5.74, 6) is 0.150. The van der Waals surface area contributed by atoms with E-state index < -0.39 is 22.8 Å². The van der Waals surface area contributed by atoms with Crippen LogP contribution in [0.3, 0.4) is 0 Å². The third-order valence-corrected chi connectivity index (χ3v) is 5.53. The zero-order chi connectivity index (χ0) is 22.7. The number of nitrogens with one attached hydrogen (secondary N) is 2. The Hall–Kier alpha value is -3.82. The van der Waals surface area contributed by atoms with E-state index in [4.69, 9.17) is 9.47 Å². The van der Waals surface area contributed by atoms with Crippen LogP contribution < -0.4 is 25.2 Å². The Labute approximate surface area is 184 Å². The van der Waals surface area contributed by atoms with Crippen LogP contribution in [-0.2, 0) is 4.79 Å². The molecule has 0 saturated carbocycles. The first kappa shape index (κ1) is 21.4. The first-order chi connectivity index (χ1) is 15.4. The smallest absolute Gasteiger partial charge is 0.293 e. The van der Waals surface area contributed by atoms with Crippen molar-refractivity contribution in [3.05, 3.63) is 58.1 Å². The lowest BCUT2D eigenvalue weighted by molar-refractivity contribution is -0.384. The summed E-state index contributed by atoms with van der Waals surface area (Å²) >= 11 is 0. The maximum Gasteiger partial charge on any atom is 0.293 e. The fourth-order valence-electron chi connectivity index (χ4n) is 3.91. The number of benzene rings is 2. The van der Waals surface area contributed by atoms with E-state index in [0.717, 1.165) is 25.9 Å². The fraction of sp³-hybridized carbons (Fsp3) is 0.364. The maximum atomic E-state index is 12.5. The molecule has 1 fully saturated rings. The maximum absolute atomic E-state index is 12.5. The summed E-state index contributed by atoms with van der Waals surface area (Å²) in [7, 11) is 0. The number of nitrogens with zero attached hydrogens (tertiary/aromatic N) is 2. The summed E-state index contributed by atoms with van der Waals surface area (Å²) in [5, 5.41) is 11.6. The monoisotopic (exact) mass is 440 g/mol. The molecule has 2 aromatic carbocycles. The van der Waals surface area contributed by atoms with Crippen molar-refractivity contribution < 1.29 is 24.0 Å². The molecule has 0 aliphatic carbocycles. The third-order valence-electron chi connectivity index (χ3n) is 5.53. The Morgan fingerprint density at radius 3 is 2.69 bits per heavy atom. The highest BCUT2D eigenvalue weighted by molar-refractivity contribution is 5.97. The van der Waals surface area contributed by atoms with Gasteiger partial charge in [0.25, 0.3) is 17.5 Å². The Morgan fingerprint density at radius 1 is 1.16 bits per heavy atom. The van der Waals surface area contributed by atoms with Crippen LogP contribution in [0.5, 0.6) is 11.5 Å². The van der Waals surface area contributed by atoms with Gasteiger partial charge in [-0.2, -0.15) is 0 Å². The quantitative estimate of drug-likeness (QED) is 0.553. The van der Waals surface area contributed by atoms with Crippen molar-refractivity contribution in [1.29, 1.82) is 0 Å². The largest absolute Gasteiger partial charge is 0.485 e. The van der Waals surface area contributed by atoms with Crippen LogP contribution in [0.1, 0.15) is 30.1 Å². The van der Waals surface area contributed by atoms with Crippen molar-refractivity contribution in [2.75, 3.05) is 24.6 Å². The third kappa shape index (κ3) is 4.58. The average molecular weight is 440 g/mol. The summed E-state index contributed by atoms with van der Waals surface area (Å²) in [4.78, 5) is 38.0. The molecule has 0 unspecified atom stereocenters. The molecule has 2 N–H and O–H groups in total. The highest BCUT2D eigenvalue weighted by Gasteiger charge is 2.28. The van der Waals surface area contributed by atoms with Crippen molar-refractivity contribution in [2.24, 2.45) is 5.92 Å². The molecule has 4 rings (SSSR count). The van der Waals surface area contributed by atoms with Gasteiger partial charge in [0.15, 0.2) is 11.5 Å². The van der Waals surface area contributed by atoms with Crippen LogP contribution in [0.25, 0.3) is 0 Å². The number of hydrazine groups is 1. The predicted octanol–water partition coefficient (Wildman–Crippen LogP) is 2.43. The number of nitro benzene ring substituents is 1. The topological polar surface area (TPSA) is 123 Å². The molecule has 10 heteroatoms. The molecule has 0 aromatic heterocycles. The minimum atomic E-state index is -0.942. The number of carbonyl (C=O) groups excluding carboxylic acids is 2. The van der Waals surface area contributed by atoms with Crippen molar-refractivity contribution >= 4 is 23.2 Å². The second-order valence-electron chi connectivity index (χ2n) is 7.96. The van der Waals surface area contributed by atoms with Crippen LogP contribution in [0.2, 0.25) is 0 Å². The number of piperidine rings is 1. The van der Waals surface area contributed by atoms with Gasteiger partial charge in [-0.1, -0.05) is 19.1 Å². The molecule has 2 aliphatic rings. The molecule has 0 radical (unpaired) electrons. The number of nitro groups is 1. The zero-order valence-corrected chi connectivity index (χ0v) is 17.6. The Bertz CT molecular complexity index is 1040. The fourth-order valence-corrected chi connectivity index (χ4v) is 3.91. The zero-order valence-electron chi connectivity index (χ0n) is 17.6. The molecule has 10 nitrogen and oxygen atoms in total. The number of rotatable bonds is 4. The van der Waals surface area contributed by atoms with Crippen LogP contribution in [0.4, 0.5) is 11.4 Å². The highest BCUT2D eigenvalue weighted by atomic mass is 16.6. The van der Waals surface area contributed by atoms with Crippen LogP contribution in [-0.4, -0.2) is 42.5 Å². The lowest BCUT2D eigenvalue weighted by Crippen LogP contribution is -2.50. The van der Waals surface area contributed by atoms with Gasteiger partial charge in [0.2, 0.25) is 6.10 Å². The minimum Gasteiger partial charge on any atom is -0.485 e. The lowest BCUT2D eigenvalue weighted by Gasteiger charge is -2.32. The van der Waals surface area contributed by atoms with Crippen LogP contribution in [0.15, 0.2) is 42.5 Å². The van der Waals surface area contributed by atoms with Crippen molar-refractivity contribution in [3.8, 4) is 11.5 Å². The number of anilines is 1. The van der Waals surface area contributed by atoms with E-state index >= 15 is 0 Å². The Morgan fingerprint density at radius 2 is 1.94 bits per heavy atom. The van der Waals surface area contributed by atoms with Gasteiger partial charge in [-0.15, -0.1) is 0 Å². The molecular weight excluding hydrogens is 416 g/mol. The average Bonchev–Trinajstić information content (AvgIpc) is 2.81. The van der Waals surface area contributed by atoms with Gasteiger partial charge in [0.1, 0.15) is 12.3 Å². The molecule has 1 saturated heterocycles. The molecule has 32 heavy (non-hydrogen) atoms. The molecular formula is C22H24N4O6. The first-order valence-electron chi connectivity index (χ1n) is 10.4. The van der Waals surface area contributed by atoms with Crippen molar-refractivity contribution in [3.63, 3.8) is 0 Å². The van der Waals surface area contributed by atoms with Crippen molar-refractivity contribution in [2.45, 2.75) is 25.9 Å². The summed E-state index contributed by atoms with van der Waals surface area (Å²) in [6, 6.07) is 11.3. The molecule has 168 valence electrons. The van der Waals surface area contributed by atoms with Gasteiger partial charge < -0.3 is 14.4 Å². The second-order valence-corrected chi connectivity index (χ2v) is 7.96. The SMILES string of the molecule is C[C@H]1CCCN(c2ccc(C(=O)NNC(=O)[C@H]3COc4ccccc4O3)cc2[N+](=O)[O-])C1. The highest BCUT2D eigenvalue weighted by Crippen LogP contribution is 2.33. The summed E-state index contributed by atoms with van der Waals surface area (Å²) in [6.07, 6.45) is 1.11. The standard InChI is InChI=1S/C22H24N4O6/c1-14-5-4-10-25(12-14)16-9-8-15(11-17(16)26(29)30)21(27)23-24-22(28)20-13-31-18-6-2-3-7-19(18)32-20/h2-3,6-9,11,14,20H,4-5,10,12-13H2,1H3,(H,23,27)(H,24,28)/t14-,20+/m0/s1. The number of fused-ring (bicyclic) bond motifs is 1. The predicted molar refractivity (Wildman–Crippen MR) is 116 cm³/mol. The number of hydrogen-bond acceptors (Lipinski definition) is 7. The van der Waals surface area contributed by atoms with Crippen molar-refractivity contribution in [1.82, 2.24) is 10.9 Å². The molecule has 2 aliphatic heterocycles. The minimum absolute atomic E-state index is 0.00680. The number of ether oxygens (including phenoxy) is 2. The van der Waals surface area contributed by atoms with Gasteiger partial charge in [-0.3, -0.25) is 30.6 Å². The molecule has 2 aromatic rings. The number of amides is 2. The summed E-state index contributed by atoms with van der Waals surface area (Å²) in [5.41, 5.74) is 4.99. The van der Waals surface area contributed by atoms with E-state index in [1.807, 2.05) is 4.90 Å². The van der Waals surface area contributed by atoms with Crippen LogP contribution in [0, 0.1) is 16.0 Å². The Kier molecular flexibility index (Phi) is 6.11. The number of hydrogen-bond donors (Lipinski definition) is 2. The van der Waals surface area contributed by atoms with Gasteiger partial charge >= 0.3 is 0 Å². The van der Waals surface area contributed by atoms with Gasteiger partial charge in [0, 0.05) is 24.7 Å². The van der Waals surface area contributed by atoms with Gasteiger partial charge in [-0.05, 0) is 43.0 Å². The number of para-hydroxylation sites is 2. The first-order valence-corrected chi connectivity index (χ1v) is 10.4. The van der Waals surface area contributed by atoms with E-state index in [9.17, 15) is 19.7 Å². The van der Waals surface area contributed by atoms with Gasteiger partial charge in [-0.25, -0.2) is 0 Å². The summed E-state index contributed by atoms with van der Waals surface area (Å²) in [6.45, 7) is 3.57. The molecule has 2 amide bonds. The summed E-state index contributed by atoms with van der Waals surface area (Å²) < 4.78 is 11.1. The van der Waals surface area contributed by atoms with Gasteiger partial charge in [0.05, 0.1) is 4.92 Å². The molecule has 2 heterocycles.